The molecule has 0 N–H and O–H groups in total. The normalized spacial score (nSPS) is 18.5. The van der Waals surface area contributed by atoms with E-state index in [4.69, 9.17) is 4.74 Å². The summed E-state index contributed by atoms with van der Waals surface area (Å²) in [5, 5.41) is 0. The van der Waals surface area contributed by atoms with Crippen molar-refractivity contribution in [1.82, 2.24) is 4.90 Å². The predicted molar refractivity (Wildman–Crippen MR) is 97.0 cm³/mol. The molecule has 23 heavy (non-hydrogen) atoms. The molecule has 0 spiro atoms. The van der Waals surface area contributed by atoms with Crippen LogP contribution in [-0.4, -0.2) is 45.3 Å². The summed E-state index contributed by atoms with van der Waals surface area (Å²) in [5.41, 5.74) is 7.03. The van der Waals surface area contributed by atoms with Crippen molar-refractivity contribution in [3.63, 3.8) is 0 Å². The summed E-state index contributed by atoms with van der Waals surface area (Å²) >= 11 is 0. The molecule has 1 heterocycles. The third kappa shape index (κ3) is 3.97. The van der Waals surface area contributed by atoms with Gasteiger partial charge in [0.1, 0.15) is 0 Å². The number of anilines is 1. The number of morpholine rings is 1. The maximum Gasteiger partial charge on any atom is 0.0642 e. The van der Waals surface area contributed by atoms with Crippen LogP contribution in [0.3, 0.4) is 0 Å². The fraction of sp³-hybridized carbons (Fsp3) is 0.500. The van der Waals surface area contributed by atoms with Crippen molar-refractivity contribution < 1.29 is 4.74 Å². The van der Waals surface area contributed by atoms with Crippen LogP contribution in [0.25, 0.3) is 0 Å². The van der Waals surface area contributed by atoms with Crippen LogP contribution in [0, 0.1) is 6.92 Å². The zero-order valence-electron chi connectivity index (χ0n) is 14.6. The first-order valence-electron chi connectivity index (χ1n) is 8.62. The fourth-order valence-corrected chi connectivity index (χ4v) is 3.41. The van der Waals surface area contributed by atoms with Gasteiger partial charge in [-0.15, -0.1) is 0 Å². The van der Waals surface area contributed by atoms with Crippen LogP contribution in [0.15, 0.2) is 41.6 Å². The largest absolute Gasteiger partial charge is 0.378 e. The molecule has 1 saturated heterocycles. The third-order valence-electron chi connectivity index (χ3n) is 4.69. The molecule has 1 aromatic rings. The van der Waals surface area contributed by atoms with Crippen LogP contribution in [0.4, 0.5) is 5.69 Å². The zero-order valence-corrected chi connectivity index (χ0v) is 14.6. The summed E-state index contributed by atoms with van der Waals surface area (Å²) in [6, 6.07) is 6.81. The highest BCUT2D eigenvalue weighted by molar-refractivity contribution is 5.56. The average molecular weight is 312 g/mol. The molecule has 124 valence electrons. The number of ether oxygens (including phenoxy) is 1. The molecule has 0 bridgehead atoms. The van der Waals surface area contributed by atoms with Crippen LogP contribution < -0.4 is 4.90 Å². The predicted octanol–water partition coefficient (Wildman–Crippen LogP) is 3.54. The van der Waals surface area contributed by atoms with E-state index in [0.29, 0.717) is 0 Å². The van der Waals surface area contributed by atoms with E-state index in [2.05, 4.69) is 61.2 Å². The number of hydrogen-bond acceptors (Lipinski definition) is 3. The first-order valence-corrected chi connectivity index (χ1v) is 8.62. The van der Waals surface area contributed by atoms with Gasteiger partial charge in [0, 0.05) is 38.6 Å². The highest BCUT2D eigenvalue weighted by Gasteiger charge is 2.16. The maximum absolute atomic E-state index is 5.47. The second-order valence-electron chi connectivity index (χ2n) is 6.77. The van der Waals surface area contributed by atoms with E-state index in [1.165, 1.54) is 28.9 Å². The number of nitrogens with zero attached hydrogens (tertiary/aromatic N) is 2. The van der Waals surface area contributed by atoms with Crippen molar-refractivity contribution in [3.8, 4) is 0 Å². The van der Waals surface area contributed by atoms with Crippen molar-refractivity contribution in [2.45, 2.75) is 26.2 Å². The van der Waals surface area contributed by atoms with Crippen LogP contribution >= 0.6 is 0 Å². The Labute approximate surface area is 140 Å². The lowest BCUT2D eigenvalue weighted by Crippen LogP contribution is -2.35. The lowest BCUT2D eigenvalue weighted by Gasteiger charge is -2.31. The Kier molecular flexibility index (Phi) is 5.06. The van der Waals surface area contributed by atoms with Gasteiger partial charge in [-0.2, -0.15) is 0 Å². The van der Waals surface area contributed by atoms with Gasteiger partial charge in [0.25, 0.3) is 0 Å². The van der Waals surface area contributed by atoms with E-state index < -0.39 is 0 Å². The molecular formula is C20H28N2O. The summed E-state index contributed by atoms with van der Waals surface area (Å²) < 4.78 is 5.47. The number of rotatable bonds is 4. The van der Waals surface area contributed by atoms with Gasteiger partial charge in [-0.3, -0.25) is 0 Å². The molecule has 1 aliphatic heterocycles. The molecule has 3 rings (SSSR count). The molecule has 1 aromatic carbocycles. The Morgan fingerprint density at radius 2 is 1.96 bits per heavy atom. The number of allylic oxidation sites excluding steroid dienone is 3. The first kappa shape index (κ1) is 16.1. The Bertz CT molecular complexity index is 610. The Morgan fingerprint density at radius 1 is 1.17 bits per heavy atom. The highest BCUT2D eigenvalue weighted by atomic mass is 16.5. The van der Waals surface area contributed by atoms with Gasteiger partial charge >= 0.3 is 0 Å². The molecule has 0 radical (unpaired) electrons. The summed E-state index contributed by atoms with van der Waals surface area (Å²) in [6.45, 7) is 5.90. The van der Waals surface area contributed by atoms with Crippen molar-refractivity contribution in [2.24, 2.45) is 0 Å². The summed E-state index contributed by atoms with van der Waals surface area (Å²) in [6.07, 6.45) is 8.18. The minimum absolute atomic E-state index is 0.850. The molecule has 3 heteroatoms. The van der Waals surface area contributed by atoms with Gasteiger partial charge in [0.2, 0.25) is 0 Å². The third-order valence-corrected chi connectivity index (χ3v) is 4.69. The van der Waals surface area contributed by atoms with E-state index in [9.17, 15) is 0 Å². The molecule has 3 nitrogen and oxygen atoms in total. The van der Waals surface area contributed by atoms with Crippen LogP contribution in [-0.2, 0) is 11.2 Å². The van der Waals surface area contributed by atoms with Crippen molar-refractivity contribution in [2.75, 3.05) is 45.3 Å². The highest BCUT2D eigenvalue weighted by Crippen LogP contribution is 2.28. The van der Waals surface area contributed by atoms with Crippen molar-refractivity contribution in [3.05, 3.63) is 52.7 Å². The molecule has 0 amide bonds. The second-order valence-corrected chi connectivity index (χ2v) is 6.77. The van der Waals surface area contributed by atoms with Gasteiger partial charge in [0.15, 0.2) is 0 Å². The Balaban J connectivity index is 1.77. The van der Waals surface area contributed by atoms with Crippen molar-refractivity contribution in [1.29, 1.82) is 0 Å². The van der Waals surface area contributed by atoms with Crippen molar-refractivity contribution >= 4 is 5.69 Å². The second kappa shape index (κ2) is 7.22. The van der Waals surface area contributed by atoms with Gasteiger partial charge in [0.05, 0.1) is 13.2 Å². The van der Waals surface area contributed by atoms with Gasteiger partial charge in [-0.05, 0) is 49.5 Å². The lowest BCUT2D eigenvalue weighted by atomic mass is 9.94. The fourth-order valence-electron chi connectivity index (χ4n) is 3.41. The van der Waals surface area contributed by atoms with Gasteiger partial charge in [-0.25, -0.2) is 0 Å². The molecular weight excluding hydrogens is 284 g/mol. The Morgan fingerprint density at radius 3 is 2.70 bits per heavy atom. The smallest absolute Gasteiger partial charge is 0.0642 e. The number of aryl methyl sites for hydroxylation is 1. The molecule has 0 saturated carbocycles. The molecule has 1 aliphatic carbocycles. The molecule has 0 aromatic heterocycles. The zero-order chi connectivity index (χ0) is 16.2. The van der Waals surface area contributed by atoms with Gasteiger partial charge in [-0.1, -0.05) is 23.8 Å². The van der Waals surface area contributed by atoms with E-state index >= 15 is 0 Å². The first-order chi connectivity index (χ1) is 11.1. The monoisotopic (exact) mass is 312 g/mol. The number of benzene rings is 1. The lowest BCUT2D eigenvalue weighted by molar-refractivity contribution is 0.0550. The molecule has 0 atom stereocenters. The van der Waals surface area contributed by atoms with E-state index in [1.807, 2.05) is 0 Å². The molecule has 0 unspecified atom stereocenters. The number of hydrogen-bond donors (Lipinski definition) is 0. The molecule has 2 aliphatic rings. The SMILES string of the molecule is Cc1ccc(CC2=CC(N3CCOCC3)=CCC2)c(N(C)C)c1. The topological polar surface area (TPSA) is 15.7 Å². The molecule has 1 fully saturated rings. The minimum Gasteiger partial charge on any atom is -0.378 e. The van der Waals surface area contributed by atoms with Crippen LogP contribution in [0.2, 0.25) is 0 Å². The maximum atomic E-state index is 5.47. The summed E-state index contributed by atoms with van der Waals surface area (Å²) in [7, 11) is 4.26. The Hall–Kier alpha value is -1.74. The van der Waals surface area contributed by atoms with E-state index in [-0.39, 0.29) is 0 Å². The van der Waals surface area contributed by atoms with Crippen LogP contribution in [0.5, 0.6) is 0 Å². The van der Waals surface area contributed by atoms with Gasteiger partial charge < -0.3 is 14.5 Å². The summed E-state index contributed by atoms with van der Waals surface area (Å²) in [4.78, 5) is 4.69. The average Bonchev–Trinajstić information content (AvgIpc) is 2.57. The standard InChI is InChI=1S/C20H28N2O/c1-16-7-8-18(20(13-16)21(2)3)14-17-5-4-6-19(15-17)22-9-11-23-12-10-22/h6-8,13,15H,4-5,9-12,14H2,1-3H3. The van der Waals surface area contributed by atoms with E-state index in [1.54, 1.807) is 5.57 Å². The minimum atomic E-state index is 0.850. The van der Waals surface area contributed by atoms with Crippen LogP contribution in [0.1, 0.15) is 24.0 Å². The van der Waals surface area contributed by atoms with E-state index in [0.717, 1.165) is 39.1 Å². The quantitative estimate of drug-likeness (QED) is 0.846. The summed E-state index contributed by atoms with van der Waals surface area (Å²) in [5.74, 6) is 0.